The van der Waals surface area contributed by atoms with Crippen molar-refractivity contribution in [2.24, 2.45) is 5.41 Å². The second-order valence-electron chi connectivity index (χ2n) is 9.30. The highest BCUT2D eigenvalue weighted by Gasteiger charge is 2.41. The molecule has 5 rings (SSSR count). The first-order valence-electron chi connectivity index (χ1n) is 10.7. The van der Waals surface area contributed by atoms with Crippen molar-refractivity contribution in [2.45, 2.75) is 39.5 Å². The first-order chi connectivity index (χ1) is 14.8. The lowest BCUT2D eigenvalue weighted by molar-refractivity contribution is -0.131. The number of fused-ring (bicyclic) bond motifs is 3. The summed E-state index contributed by atoms with van der Waals surface area (Å²) in [6, 6.07) is 20.1. The summed E-state index contributed by atoms with van der Waals surface area (Å²) >= 11 is 0. The average molecular weight is 412 g/mol. The van der Waals surface area contributed by atoms with Crippen LogP contribution in [-0.4, -0.2) is 11.8 Å². The molecule has 0 amide bonds. The fourth-order valence-corrected chi connectivity index (χ4v) is 5.03. The number of rotatable bonds is 2. The van der Waals surface area contributed by atoms with E-state index in [-0.39, 0.29) is 23.1 Å². The lowest BCUT2D eigenvalue weighted by Gasteiger charge is -2.40. The third-order valence-electron chi connectivity index (χ3n) is 6.23. The van der Waals surface area contributed by atoms with Crippen LogP contribution >= 0.6 is 0 Å². The van der Waals surface area contributed by atoms with E-state index in [9.17, 15) is 9.59 Å². The highest BCUT2D eigenvalue weighted by molar-refractivity contribution is 6.04. The zero-order valence-electron chi connectivity index (χ0n) is 18.0. The smallest absolute Gasteiger partial charge is 0.308 e. The quantitative estimate of drug-likeness (QED) is 0.417. The summed E-state index contributed by atoms with van der Waals surface area (Å²) < 4.78 is 5.22. The molecule has 0 bridgehead atoms. The van der Waals surface area contributed by atoms with Crippen LogP contribution in [0.25, 0.3) is 10.8 Å². The SMILES string of the molecule is CC(=O)Oc1ccc(C2C3=C(CC(C)(C)CC3=O)Nc3ccc4ccccc4c32)cc1. The Morgan fingerprint density at radius 2 is 1.74 bits per heavy atom. The van der Waals surface area contributed by atoms with Crippen molar-refractivity contribution in [2.75, 3.05) is 5.32 Å². The normalized spacial score (nSPS) is 19.5. The molecule has 4 heteroatoms. The molecule has 0 aromatic heterocycles. The number of carbonyl (C=O) groups excluding carboxylic acids is 2. The van der Waals surface area contributed by atoms with Gasteiger partial charge in [0.1, 0.15) is 5.75 Å². The number of allylic oxidation sites excluding steroid dienone is 2. The van der Waals surface area contributed by atoms with Crippen LogP contribution in [0.3, 0.4) is 0 Å². The molecule has 1 aliphatic heterocycles. The lowest BCUT2D eigenvalue weighted by atomic mass is 9.68. The molecule has 3 aromatic carbocycles. The Labute approximate surface area is 181 Å². The molecule has 0 fully saturated rings. The zero-order valence-corrected chi connectivity index (χ0v) is 18.0. The molecule has 0 spiro atoms. The molecule has 1 aliphatic carbocycles. The molecule has 3 aromatic rings. The number of ether oxygens (including phenoxy) is 1. The Balaban J connectivity index is 1.73. The Morgan fingerprint density at radius 1 is 1.00 bits per heavy atom. The number of Topliss-reactive ketones (excluding diaryl/α,β-unsaturated/α-hetero) is 1. The van der Waals surface area contributed by atoms with E-state index >= 15 is 0 Å². The van der Waals surface area contributed by atoms with Gasteiger partial charge in [0.2, 0.25) is 0 Å². The molecule has 0 saturated carbocycles. The summed E-state index contributed by atoms with van der Waals surface area (Å²) in [6.45, 7) is 5.69. The molecule has 1 N–H and O–H groups in total. The van der Waals surface area contributed by atoms with E-state index in [2.05, 4.69) is 43.4 Å². The topological polar surface area (TPSA) is 55.4 Å². The fraction of sp³-hybridized carbons (Fsp3) is 0.259. The molecule has 0 saturated heterocycles. The molecule has 4 nitrogen and oxygen atoms in total. The second-order valence-corrected chi connectivity index (χ2v) is 9.30. The molecule has 156 valence electrons. The zero-order chi connectivity index (χ0) is 21.8. The van der Waals surface area contributed by atoms with Crippen molar-refractivity contribution < 1.29 is 14.3 Å². The summed E-state index contributed by atoms with van der Waals surface area (Å²) in [6.07, 6.45) is 1.37. The minimum atomic E-state index is -0.347. The summed E-state index contributed by atoms with van der Waals surface area (Å²) in [4.78, 5) is 24.7. The van der Waals surface area contributed by atoms with Gasteiger partial charge >= 0.3 is 5.97 Å². The van der Waals surface area contributed by atoms with Gasteiger partial charge in [-0.15, -0.1) is 0 Å². The van der Waals surface area contributed by atoms with Crippen LogP contribution in [0.5, 0.6) is 5.75 Å². The van der Waals surface area contributed by atoms with Gasteiger partial charge in [-0.05, 0) is 51.9 Å². The van der Waals surface area contributed by atoms with Gasteiger partial charge < -0.3 is 10.1 Å². The third kappa shape index (κ3) is 3.42. The average Bonchev–Trinajstić information content (AvgIpc) is 2.71. The Bertz CT molecular complexity index is 1250. The summed E-state index contributed by atoms with van der Waals surface area (Å²) in [5.74, 6) is 0.202. The van der Waals surface area contributed by atoms with Crippen molar-refractivity contribution in [1.29, 1.82) is 0 Å². The van der Waals surface area contributed by atoms with Gasteiger partial charge in [-0.3, -0.25) is 9.59 Å². The van der Waals surface area contributed by atoms with E-state index in [4.69, 9.17) is 4.74 Å². The first-order valence-corrected chi connectivity index (χ1v) is 10.7. The van der Waals surface area contributed by atoms with Crippen LogP contribution in [0.15, 0.2) is 71.9 Å². The number of hydrogen-bond acceptors (Lipinski definition) is 4. The van der Waals surface area contributed by atoms with Gasteiger partial charge in [0, 0.05) is 36.2 Å². The number of nitrogens with one attached hydrogen (secondary N) is 1. The van der Waals surface area contributed by atoms with E-state index in [1.54, 1.807) is 12.1 Å². The maximum absolute atomic E-state index is 13.4. The van der Waals surface area contributed by atoms with E-state index in [0.717, 1.165) is 45.3 Å². The van der Waals surface area contributed by atoms with E-state index in [1.165, 1.54) is 6.92 Å². The third-order valence-corrected chi connectivity index (χ3v) is 6.23. The van der Waals surface area contributed by atoms with Crippen molar-refractivity contribution in [3.8, 4) is 5.75 Å². The Morgan fingerprint density at radius 3 is 2.48 bits per heavy atom. The summed E-state index contributed by atoms with van der Waals surface area (Å²) in [7, 11) is 0. The largest absolute Gasteiger partial charge is 0.427 e. The Kier molecular flexibility index (Phi) is 4.47. The van der Waals surface area contributed by atoms with Crippen LogP contribution in [0.1, 0.15) is 50.7 Å². The second kappa shape index (κ2) is 7.09. The number of benzene rings is 3. The predicted molar refractivity (Wildman–Crippen MR) is 122 cm³/mol. The predicted octanol–water partition coefficient (Wildman–Crippen LogP) is 5.97. The van der Waals surface area contributed by atoms with Crippen LogP contribution in [-0.2, 0) is 9.59 Å². The maximum atomic E-state index is 13.4. The number of ketones is 1. The van der Waals surface area contributed by atoms with Gasteiger partial charge in [-0.1, -0.05) is 56.3 Å². The number of carbonyl (C=O) groups is 2. The molecule has 2 aliphatic rings. The van der Waals surface area contributed by atoms with E-state index < -0.39 is 0 Å². The van der Waals surface area contributed by atoms with E-state index in [1.807, 2.05) is 24.3 Å². The van der Waals surface area contributed by atoms with E-state index in [0.29, 0.717) is 12.2 Å². The molecule has 1 unspecified atom stereocenters. The molecular weight excluding hydrogens is 386 g/mol. The van der Waals surface area contributed by atoms with Crippen LogP contribution in [0, 0.1) is 5.41 Å². The van der Waals surface area contributed by atoms with Gasteiger partial charge in [-0.25, -0.2) is 0 Å². The molecule has 1 atom stereocenters. The molecule has 31 heavy (non-hydrogen) atoms. The highest BCUT2D eigenvalue weighted by atomic mass is 16.5. The highest BCUT2D eigenvalue weighted by Crippen LogP contribution is 2.50. The van der Waals surface area contributed by atoms with Crippen molar-refractivity contribution >= 4 is 28.2 Å². The van der Waals surface area contributed by atoms with Crippen molar-refractivity contribution in [3.63, 3.8) is 0 Å². The first kappa shape index (κ1) is 19.6. The van der Waals surface area contributed by atoms with Gasteiger partial charge in [-0.2, -0.15) is 0 Å². The molecule has 0 radical (unpaired) electrons. The summed E-state index contributed by atoms with van der Waals surface area (Å²) in [5.41, 5.74) is 5.03. The number of hydrogen-bond donors (Lipinski definition) is 1. The minimum absolute atomic E-state index is 0.0684. The van der Waals surface area contributed by atoms with Crippen molar-refractivity contribution in [3.05, 3.63) is 83.1 Å². The van der Waals surface area contributed by atoms with Crippen LogP contribution in [0.4, 0.5) is 5.69 Å². The lowest BCUT2D eigenvalue weighted by Crippen LogP contribution is -2.33. The fourth-order valence-electron chi connectivity index (χ4n) is 5.03. The number of esters is 1. The van der Waals surface area contributed by atoms with Gasteiger partial charge in [0.15, 0.2) is 5.78 Å². The minimum Gasteiger partial charge on any atom is -0.427 e. The monoisotopic (exact) mass is 411 g/mol. The Hall–Kier alpha value is -3.40. The molecular formula is C27H25NO3. The van der Waals surface area contributed by atoms with Crippen LogP contribution < -0.4 is 10.1 Å². The van der Waals surface area contributed by atoms with Crippen LogP contribution in [0.2, 0.25) is 0 Å². The number of anilines is 1. The molecule has 1 heterocycles. The van der Waals surface area contributed by atoms with Gasteiger partial charge in [0.25, 0.3) is 0 Å². The van der Waals surface area contributed by atoms with Gasteiger partial charge in [0.05, 0.1) is 0 Å². The van der Waals surface area contributed by atoms with Crippen molar-refractivity contribution in [1.82, 2.24) is 0 Å². The maximum Gasteiger partial charge on any atom is 0.308 e. The standard InChI is InChI=1S/C27H25NO3/c1-16(29)31-19-11-8-18(9-12-19)24-25-20-7-5-4-6-17(20)10-13-21(25)28-22-14-27(2,3)15-23(30)26(22)24/h4-13,24,28H,14-15H2,1-3H3. The summed E-state index contributed by atoms with van der Waals surface area (Å²) in [5, 5.41) is 5.90.